The topological polar surface area (TPSA) is 50.1 Å². The Bertz CT molecular complexity index is 399. The van der Waals surface area contributed by atoms with Crippen LogP contribution in [0, 0.1) is 11.3 Å². The highest BCUT2D eigenvalue weighted by Crippen LogP contribution is 2.29. The standard InChI is InChI=1S/C12H12BrNO2/c1-16-11(15)12(9-14,7-8-13)10-5-3-2-4-6-10/h2-6H,7-8H2,1H3. The number of halogens is 1. The molecule has 0 fully saturated rings. The van der Waals surface area contributed by atoms with Crippen LogP contribution in [0.2, 0.25) is 0 Å². The second-order valence-corrected chi connectivity index (χ2v) is 4.11. The summed E-state index contributed by atoms with van der Waals surface area (Å²) in [6.45, 7) is 0. The van der Waals surface area contributed by atoms with E-state index in [4.69, 9.17) is 4.74 Å². The van der Waals surface area contributed by atoms with Crippen molar-refractivity contribution in [3.05, 3.63) is 35.9 Å². The molecule has 0 aliphatic carbocycles. The molecule has 1 aromatic carbocycles. The van der Waals surface area contributed by atoms with Gasteiger partial charge in [0, 0.05) is 5.33 Å². The first-order valence-corrected chi connectivity index (χ1v) is 5.94. The summed E-state index contributed by atoms with van der Waals surface area (Å²) in [4.78, 5) is 11.8. The zero-order valence-electron chi connectivity index (χ0n) is 8.94. The van der Waals surface area contributed by atoms with E-state index in [0.29, 0.717) is 17.3 Å². The fourth-order valence-corrected chi connectivity index (χ4v) is 2.16. The molecule has 1 atom stereocenters. The van der Waals surface area contributed by atoms with E-state index in [1.54, 1.807) is 24.3 Å². The van der Waals surface area contributed by atoms with Gasteiger partial charge in [0.25, 0.3) is 0 Å². The van der Waals surface area contributed by atoms with E-state index in [0.717, 1.165) is 0 Å². The fourth-order valence-electron chi connectivity index (χ4n) is 1.57. The summed E-state index contributed by atoms with van der Waals surface area (Å²) in [5.74, 6) is -0.513. The number of rotatable bonds is 4. The van der Waals surface area contributed by atoms with Crippen LogP contribution in [0.25, 0.3) is 0 Å². The van der Waals surface area contributed by atoms with Crippen LogP contribution in [0.3, 0.4) is 0 Å². The Kier molecular flexibility index (Phi) is 4.51. The maximum absolute atomic E-state index is 11.8. The van der Waals surface area contributed by atoms with Crippen molar-refractivity contribution in [2.45, 2.75) is 11.8 Å². The lowest BCUT2D eigenvalue weighted by molar-refractivity contribution is -0.145. The van der Waals surface area contributed by atoms with Gasteiger partial charge < -0.3 is 4.74 Å². The largest absolute Gasteiger partial charge is 0.468 e. The van der Waals surface area contributed by atoms with Crippen molar-refractivity contribution in [3.8, 4) is 6.07 Å². The van der Waals surface area contributed by atoms with Crippen molar-refractivity contribution >= 4 is 21.9 Å². The Hall–Kier alpha value is -1.34. The zero-order chi connectivity index (χ0) is 12.0. The third-order valence-electron chi connectivity index (χ3n) is 2.46. The molecule has 0 aliphatic rings. The van der Waals surface area contributed by atoms with Crippen LogP contribution < -0.4 is 0 Å². The number of hydrogen-bond donors (Lipinski definition) is 0. The number of benzene rings is 1. The second kappa shape index (κ2) is 5.66. The molecule has 0 spiro atoms. The van der Waals surface area contributed by atoms with Crippen LogP contribution in [0.1, 0.15) is 12.0 Å². The lowest BCUT2D eigenvalue weighted by atomic mass is 9.79. The molecular formula is C12H12BrNO2. The minimum atomic E-state index is -1.21. The molecule has 84 valence electrons. The average Bonchev–Trinajstić information content (AvgIpc) is 2.36. The molecule has 0 heterocycles. The first-order chi connectivity index (χ1) is 7.71. The molecule has 4 heteroatoms. The summed E-state index contributed by atoms with van der Waals surface area (Å²) in [5.41, 5.74) is -0.539. The molecule has 0 amide bonds. The smallest absolute Gasteiger partial charge is 0.330 e. The van der Waals surface area contributed by atoms with Crippen LogP contribution in [0.15, 0.2) is 30.3 Å². The van der Waals surface area contributed by atoms with Gasteiger partial charge in [-0.05, 0) is 12.0 Å². The van der Waals surface area contributed by atoms with Gasteiger partial charge in [0.1, 0.15) is 0 Å². The molecule has 0 bridgehead atoms. The molecule has 0 saturated carbocycles. The first kappa shape index (κ1) is 12.7. The second-order valence-electron chi connectivity index (χ2n) is 3.31. The zero-order valence-corrected chi connectivity index (χ0v) is 10.5. The lowest BCUT2D eigenvalue weighted by Crippen LogP contribution is -2.36. The number of methoxy groups -OCH3 is 1. The highest BCUT2D eigenvalue weighted by atomic mass is 79.9. The molecule has 3 nitrogen and oxygen atoms in total. The Morgan fingerprint density at radius 3 is 2.56 bits per heavy atom. The number of carbonyl (C=O) groups is 1. The Labute approximate surface area is 103 Å². The molecule has 1 aromatic rings. The Balaban J connectivity index is 3.24. The number of alkyl halides is 1. The first-order valence-electron chi connectivity index (χ1n) is 4.82. The van der Waals surface area contributed by atoms with Crippen molar-refractivity contribution in [2.24, 2.45) is 0 Å². The minimum Gasteiger partial charge on any atom is -0.468 e. The van der Waals surface area contributed by atoms with Gasteiger partial charge in [-0.3, -0.25) is 0 Å². The number of nitriles is 1. The lowest BCUT2D eigenvalue weighted by Gasteiger charge is -2.23. The molecule has 1 rings (SSSR count). The quantitative estimate of drug-likeness (QED) is 0.629. The van der Waals surface area contributed by atoms with E-state index < -0.39 is 11.4 Å². The Morgan fingerprint density at radius 1 is 1.50 bits per heavy atom. The average molecular weight is 282 g/mol. The van der Waals surface area contributed by atoms with Crippen LogP contribution in [-0.2, 0) is 14.9 Å². The molecule has 16 heavy (non-hydrogen) atoms. The van der Waals surface area contributed by atoms with Crippen molar-refractivity contribution in [2.75, 3.05) is 12.4 Å². The van der Waals surface area contributed by atoms with E-state index in [2.05, 4.69) is 22.0 Å². The van der Waals surface area contributed by atoms with E-state index in [-0.39, 0.29) is 0 Å². The normalized spacial score (nSPS) is 13.6. The van der Waals surface area contributed by atoms with Crippen molar-refractivity contribution in [1.82, 2.24) is 0 Å². The van der Waals surface area contributed by atoms with E-state index in [1.807, 2.05) is 6.07 Å². The number of carbonyl (C=O) groups excluding carboxylic acids is 1. The summed E-state index contributed by atoms with van der Waals surface area (Å²) in [6, 6.07) is 11.1. The van der Waals surface area contributed by atoms with E-state index in [1.165, 1.54) is 7.11 Å². The van der Waals surface area contributed by atoms with Gasteiger partial charge in [-0.25, -0.2) is 4.79 Å². The fraction of sp³-hybridized carbons (Fsp3) is 0.333. The maximum atomic E-state index is 11.8. The van der Waals surface area contributed by atoms with Crippen molar-refractivity contribution < 1.29 is 9.53 Å². The van der Waals surface area contributed by atoms with Crippen molar-refractivity contribution in [1.29, 1.82) is 5.26 Å². The van der Waals surface area contributed by atoms with Gasteiger partial charge in [-0.15, -0.1) is 0 Å². The predicted molar refractivity (Wildman–Crippen MR) is 64.2 cm³/mol. The van der Waals surface area contributed by atoms with Crippen LogP contribution in [0.4, 0.5) is 0 Å². The van der Waals surface area contributed by atoms with Crippen molar-refractivity contribution in [3.63, 3.8) is 0 Å². The minimum absolute atomic E-state index is 0.389. The maximum Gasteiger partial charge on any atom is 0.330 e. The van der Waals surface area contributed by atoms with Gasteiger partial charge in [-0.1, -0.05) is 46.3 Å². The van der Waals surface area contributed by atoms with Crippen LogP contribution in [-0.4, -0.2) is 18.4 Å². The molecule has 0 radical (unpaired) electrons. The number of nitrogens with zero attached hydrogens (tertiary/aromatic N) is 1. The highest BCUT2D eigenvalue weighted by Gasteiger charge is 2.41. The molecular weight excluding hydrogens is 270 g/mol. The predicted octanol–water partition coefficient (Wildman–Crippen LogP) is 2.41. The molecule has 0 aliphatic heterocycles. The number of hydrogen-bond acceptors (Lipinski definition) is 3. The van der Waals surface area contributed by atoms with Gasteiger partial charge in [0.2, 0.25) is 0 Å². The summed E-state index contributed by atoms with van der Waals surface area (Å²) in [5, 5.41) is 9.85. The third kappa shape index (κ3) is 2.25. The van der Waals surface area contributed by atoms with E-state index in [9.17, 15) is 10.1 Å². The highest BCUT2D eigenvalue weighted by molar-refractivity contribution is 9.09. The van der Waals surface area contributed by atoms with Crippen LogP contribution >= 0.6 is 15.9 Å². The SMILES string of the molecule is COC(=O)C(C#N)(CCBr)c1ccccc1. The summed E-state index contributed by atoms with van der Waals surface area (Å²) in [7, 11) is 1.30. The molecule has 0 saturated heterocycles. The summed E-state index contributed by atoms with van der Waals surface area (Å²) < 4.78 is 4.73. The number of esters is 1. The molecule has 0 N–H and O–H groups in total. The summed E-state index contributed by atoms with van der Waals surface area (Å²) in [6.07, 6.45) is 0.389. The molecule has 0 aromatic heterocycles. The van der Waals surface area contributed by atoms with Gasteiger partial charge in [0.15, 0.2) is 5.41 Å². The Morgan fingerprint density at radius 2 is 2.12 bits per heavy atom. The van der Waals surface area contributed by atoms with Gasteiger partial charge in [0.05, 0.1) is 13.2 Å². The van der Waals surface area contributed by atoms with E-state index >= 15 is 0 Å². The molecule has 1 unspecified atom stereocenters. The monoisotopic (exact) mass is 281 g/mol. The van der Waals surface area contributed by atoms with Gasteiger partial charge in [-0.2, -0.15) is 5.26 Å². The van der Waals surface area contributed by atoms with Crippen LogP contribution in [0.5, 0.6) is 0 Å². The number of ether oxygens (including phenoxy) is 1. The van der Waals surface area contributed by atoms with Gasteiger partial charge >= 0.3 is 5.97 Å². The summed E-state index contributed by atoms with van der Waals surface area (Å²) >= 11 is 3.26. The third-order valence-corrected chi connectivity index (χ3v) is 2.86.